The van der Waals surface area contributed by atoms with Crippen LogP contribution in [0.25, 0.3) is 11.3 Å². The van der Waals surface area contributed by atoms with Gasteiger partial charge in [-0.3, -0.25) is 4.79 Å². The van der Waals surface area contributed by atoms with Crippen molar-refractivity contribution in [1.29, 1.82) is 0 Å². The number of nitrogens with one attached hydrogen (secondary N) is 2. The van der Waals surface area contributed by atoms with E-state index in [1.54, 1.807) is 24.4 Å². The SMILES string of the molecule is O=C(Nc1cc(Nc2cnnc(-c3cc(Cl)ccc3F)c2)ccn1)C1CC1. The number of hydrogen-bond donors (Lipinski definition) is 2. The van der Waals surface area contributed by atoms with Crippen molar-refractivity contribution in [2.75, 3.05) is 10.6 Å². The van der Waals surface area contributed by atoms with Gasteiger partial charge in [-0.2, -0.15) is 10.2 Å². The summed E-state index contributed by atoms with van der Waals surface area (Å²) >= 11 is 5.95. The van der Waals surface area contributed by atoms with Crippen LogP contribution >= 0.6 is 11.6 Å². The molecule has 6 nitrogen and oxygen atoms in total. The van der Waals surface area contributed by atoms with E-state index in [2.05, 4.69) is 25.8 Å². The Morgan fingerprint density at radius 2 is 2.00 bits per heavy atom. The Morgan fingerprint density at radius 1 is 1.15 bits per heavy atom. The first-order valence-electron chi connectivity index (χ1n) is 8.40. The lowest BCUT2D eigenvalue weighted by Crippen LogP contribution is -2.14. The van der Waals surface area contributed by atoms with Crippen LogP contribution < -0.4 is 10.6 Å². The van der Waals surface area contributed by atoms with Gasteiger partial charge in [0.15, 0.2) is 0 Å². The van der Waals surface area contributed by atoms with Crippen LogP contribution in [-0.4, -0.2) is 21.1 Å². The van der Waals surface area contributed by atoms with E-state index in [1.165, 1.54) is 24.4 Å². The zero-order valence-electron chi connectivity index (χ0n) is 14.1. The highest BCUT2D eigenvalue weighted by Crippen LogP contribution is 2.30. The van der Waals surface area contributed by atoms with Crippen LogP contribution in [0.1, 0.15) is 12.8 Å². The molecule has 0 radical (unpaired) electrons. The molecule has 0 unspecified atom stereocenters. The molecule has 1 fully saturated rings. The number of hydrogen-bond acceptors (Lipinski definition) is 5. The monoisotopic (exact) mass is 383 g/mol. The number of aromatic nitrogens is 3. The second-order valence-electron chi connectivity index (χ2n) is 6.27. The molecule has 8 heteroatoms. The van der Waals surface area contributed by atoms with Crippen molar-refractivity contribution in [1.82, 2.24) is 15.2 Å². The van der Waals surface area contributed by atoms with Gasteiger partial charge in [0.2, 0.25) is 5.91 Å². The summed E-state index contributed by atoms with van der Waals surface area (Å²) in [6.07, 6.45) is 4.97. The summed E-state index contributed by atoms with van der Waals surface area (Å²) in [5, 5.41) is 14.3. The van der Waals surface area contributed by atoms with Crippen molar-refractivity contribution < 1.29 is 9.18 Å². The normalized spacial score (nSPS) is 13.3. The van der Waals surface area contributed by atoms with Gasteiger partial charge in [-0.25, -0.2) is 9.37 Å². The standard InChI is InChI=1S/C19H15ClFN5O/c20-12-3-4-16(21)15(7-12)17-8-14(10-23-26-17)24-13-5-6-22-18(9-13)25-19(27)11-1-2-11/h3-11H,1-2H2,(H2,22,24,25,26,27). The maximum absolute atomic E-state index is 14.1. The average molecular weight is 384 g/mol. The first kappa shape index (κ1) is 17.4. The number of nitrogens with zero attached hydrogens (tertiary/aromatic N) is 3. The van der Waals surface area contributed by atoms with Crippen molar-refractivity contribution >= 4 is 34.7 Å². The lowest BCUT2D eigenvalue weighted by Gasteiger charge is -2.10. The van der Waals surface area contributed by atoms with Crippen molar-refractivity contribution in [2.24, 2.45) is 5.92 Å². The summed E-state index contributed by atoms with van der Waals surface area (Å²) in [5.41, 5.74) is 1.95. The van der Waals surface area contributed by atoms with Gasteiger partial charge in [-0.15, -0.1) is 0 Å². The van der Waals surface area contributed by atoms with E-state index in [9.17, 15) is 9.18 Å². The average Bonchev–Trinajstić information content (AvgIpc) is 3.49. The topological polar surface area (TPSA) is 79.8 Å². The maximum Gasteiger partial charge on any atom is 0.228 e. The molecule has 2 N–H and O–H groups in total. The molecule has 0 aliphatic heterocycles. The minimum absolute atomic E-state index is 0.0102. The first-order chi connectivity index (χ1) is 13.1. The molecule has 1 amide bonds. The van der Waals surface area contributed by atoms with Gasteiger partial charge in [0, 0.05) is 34.5 Å². The third kappa shape index (κ3) is 4.20. The molecule has 1 aliphatic carbocycles. The zero-order chi connectivity index (χ0) is 18.8. The van der Waals surface area contributed by atoms with E-state index in [0.29, 0.717) is 27.9 Å². The molecule has 0 spiro atoms. The second kappa shape index (κ2) is 7.28. The summed E-state index contributed by atoms with van der Waals surface area (Å²) in [6.45, 7) is 0. The fraction of sp³-hybridized carbons (Fsp3) is 0.158. The number of halogens is 2. The molecule has 1 aromatic carbocycles. The molecule has 0 atom stereocenters. The third-order valence-electron chi connectivity index (χ3n) is 4.11. The fourth-order valence-electron chi connectivity index (χ4n) is 2.58. The molecule has 0 saturated heterocycles. The minimum Gasteiger partial charge on any atom is -0.354 e. The van der Waals surface area contributed by atoms with E-state index >= 15 is 0 Å². The lowest BCUT2D eigenvalue weighted by atomic mass is 10.1. The van der Waals surface area contributed by atoms with Crippen LogP contribution in [0.4, 0.5) is 21.6 Å². The summed E-state index contributed by atoms with van der Waals surface area (Å²) in [5.74, 6) is 0.131. The molecule has 2 heterocycles. The second-order valence-corrected chi connectivity index (χ2v) is 6.71. The summed E-state index contributed by atoms with van der Waals surface area (Å²) in [4.78, 5) is 16.0. The summed E-state index contributed by atoms with van der Waals surface area (Å²) < 4.78 is 14.1. The highest BCUT2D eigenvalue weighted by molar-refractivity contribution is 6.30. The third-order valence-corrected chi connectivity index (χ3v) is 4.34. The number of carbonyl (C=O) groups excluding carboxylic acids is 1. The summed E-state index contributed by atoms with van der Waals surface area (Å²) in [6, 6.07) is 9.42. The van der Waals surface area contributed by atoms with Crippen molar-refractivity contribution in [2.45, 2.75) is 12.8 Å². The number of pyridine rings is 1. The molecule has 27 heavy (non-hydrogen) atoms. The quantitative estimate of drug-likeness (QED) is 0.681. The van der Waals surface area contributed by atoms with E-state index in [0.717, 1.165) is 12.8 Å². The first-order valence-corrected chi connectivity index (χ1v) is 8.78. The van der Waals surface area contributed by atoms with Gasteiger partial charge in [-0.1, -0.05) is 11.6 Å². The molecular weight excluding hydrogens is 369 g/mol. The van der Waals surface area contributed by atoms with Crippen molar-refractivity contribution in [3.63, 3.8) is 0 Å². The largest absolute Gasteiger partial charge is 0.354 e. The zero-order valence-corrected chi connectivity index (χ0v) is 14.9. The van der Waals surface area contributed by atoms with Gasteiger partial charge in [0.05, 0.1) is 17.6 Å². The van der Waals surface area contributed by atoms with Crippen molar-refractivity contribution in [3.05, 3.63) is 59.6 Å². The van der Waals surface area contributed by atoms with E-state index < -0.39 is 5.82 Å². The predicted octanol–water partition coefficient (Wildman–Crippen LogP) is 4.42. The van der Waals surface area contributed by atoms with E-state index in [-0.39, 0.29) is 17.4 Å². The van der Waals surface area contributed by atoms with Gasteiger partial charge in [0.25, 0.3) is 0 Å². The highest BCUT2D eigenvalue weighted by Gasteiger charge is 2.29. The number of benzene rings is 1. The van der Waals surface area contributed by atoms with E-state index in [1.807, 2.05) is 0 Å². The number of anilines is 3. The lowest BCUT2D eigenvalue weighted by molar-refractivity contribution is -0.117. The Morgan fingerprint density at radius 3 is 2.81 bits per heavy atom. The number of rotatable bonds is 5. The van der Waals surface area contributed by atoms with Crippen LogP contribution in [-0.2, 0) is 4.79 Å². The Kier molecular flexibility index (Phi) is 4.68. The van der Waals surface area contributed by atoms with Crippen LogP contribution in [0, 0.1) is 11.7 Å². The molecule has 136 valence electrons. The van der Waals surface area contributed by atoms with Crippen LogP contribution in [0.3, 0.4) is 0 Å². The molecular formula is C19H15ClFN5O. The molecule has 1 aliphatic rings. The van der Waals surface area contributed by atoms with Crippen LogP contribution in [0.2, 0.25) is 5.02 Å². The maximum atomic E-state index is 14.1. The molecule has 3 aromatic rings. The van der Waals surface area contributed by atoms with E-state index in [4.69, 9.17) is 11.6 Å². The molecule has 0 bridgehead atoms. The molecule has 1 saturated carbocycles. The van der Waals surface area contributed by atoms with Gasteiger partial charge in [0.1, 0.15) is 11.6 Å². The Hall–Kier alpha value is -3.06. The van der Waals surface area contributed by atoms with Gasteiger partial charge < -0.3 is 10.6 Å². The fourth-order valence-corrected chi connectivity index (χ4v) is 2.75. The Bertz CT molecular complexity index is 1010. The smallest absolute Gasteiger partial charge is 0.228 e. The van der Waals surface area contributed by atoms with Crippen LogP contribution in [0.5, 0.6) is 0 Å². The van der Waals surface area contributed by atoms with Crippen molar-refractivity contribution in [3.8, 4) is 11.3 Å². The Labute approximate surface area is 159 Å². The minimum atomic E-state index is -0.431. The number of amides is 1. The highest BCUT2D eigenvalue weighted by atomic mass is 35.5. The number of carbonyl (C=O) groups is 1. The Balaban J connectivity index is 1.54. The molecule has 2 aromatic heterocycles. The van der Waals surface area contributed by atoms with Crippen LogP contribution in [0.15, 0.2) is 48.8 Å². The van der Waals surface area contributed by atoms with Gasteiger partial charge >= 0.3 is 0 Å². The molecule has 4 rings (SSSR count). The summed E-state index contributed by atoms with van der Waals surface area (Å²) in [7, 11) is 0. The predicted molar refractivity (Wildman–Crippen MR) is 101 cm³/mol. The van der Waals surface area contributed by atoms with Gasteiger partial charge in [-0.05, 0) is 43.2 Å².